The van der Waals surface area contributed by atoms with E-state index in [1.165, 1.54) is 25.3 Å². The van der Waals surface area contributed by atoms with Gasteiger partial charge < -0.3 is 16.5 Å². The molecule has 1 aliphatic carbocycles. The molecule has 0 atom stereocenters. The van der Waals surface area contributed by atoms with Crippen molar-refractivity contribution in [1.82, 2.24) is 20.0 Å². The lowest BCUT2D eigenvalue weighted by atomic mass is 9.95. The number of amides is 1. The zero-order chi connectivity index (χ0) is 17.1. The van der Waals surface area contributed by atoms with E-state index in [0.29, 0.717) is 12.4 Å². The molecule has 2 heterocycles. The van der Waals surface area contributed by atoms with Crippen LogP contribution in [0.5, 0.6) is 0 Å². The summed E-state index contributed by atoms with van der Waals surface area (Å²) in [5, 5.41) is 2.82. The lowest BCUT2D eigenvalue weighted by Gasteiger charge is -2.19. The number of nitrogens with zero attached hydrogens (tertiary/aromatic N) is 3. The van der Waals surface area contributed by atoms with E-state index in [1.54, 1.807) is 0 Å². The molecule has 3 rings (SSSR count). The van der Waals surface area contributed by atoms with Crippen molar-refractivity contribution in [3.63, 3.8) is 0 Å². The first kappa shape index (κ1) is 16.5. The molecular formula is C17H26N6O. The number of fused-ring (bicyclic) bond motifs is 3. The Morgan fingerprint density at radius 3 is 2.79 bits per heavy atom. The lowest BCUT2D eigenvalue weighted by Crippen LogP contribution is -2.26. The predicted molar refractivity (Wildman–Crippen MR) is 95.5 cm³/mol. The first-order valence-corrected chi connectivity index (χ1v) is 8.78. The zero-order valence-electron chi connectivity index (χ0n) is 14.5. The van der Waals surface area contributed by atoms with Gasteiger partial charge in [-0.15, -0.1) is 0 Å². The van der Waals surface area contributed by atoms with Gasteiger partial charge in [0.25, 0.3) is 0 Å². The van der Waals surface area contributed by atoms with Crippen molar-refractivity contribution in [3.8, 4) is 0 Å². The Hall–Kier alpha value is -2.31. The van der Waals surface area contributed by atoms with Crippen LogP contribution in [0.2, 0.25) is 0 Å². The summed E-state index contributed by atoms with van der Waals surface area (Å²) < 4.78 is 2.09. The zero-order valence-corrected chi connectivity index (χ0v) is 14.5. The van der Waals surface area contributed by atoms with E-state index in [2.05, 4.69) is 27.3 Å². The molecule has 7 nitrogen and oxygen atoms in total. The molecule has 1 amide bonds. The van der Waals surface area contributed by atoms with Gasteiger partial charge in [0.1, 0.15) is 11.3 Å². The Labute approximate surface area is 142 Å². The number of carbonyl (C=O) groups is 1. The number of hydrogen-bond donors (Lipinski definition) is 3. The van der Waals surface area contributed by atoms with Crippen molar-refractivity contribution in [2.45, 2.75) is 52.4 Å². The third kappa shape index (κ3) is 3.16. The molecule has 130 valence electrons. The molecule has 0 spiro atoms. The molecule has 0 saturated carbocycles. The minimum Gasteiger partial charge on any atom is -0.382 e. The number of anilines is 1. The molecule has 0 aromatic carbocycles. The minimum absolute atomic E-state index is 0.00486. The number of aryl methyl sites for hydroxylation is 3. The molecule has 24 heavy (non-hydrogen) atoms. The number of carbonyl (C=O) groups excluding carboxylic acids is 1. The topological polar surface area (TPSA) is 97.9 Å². The van der Waals surface area contributed by atoms with Crippen LogP contribution in [0.25, 0.3) is 11.0 Å². The predicted octanol–water partition coefficient (Wildman–Crippen LogP) is 1.52. The van der Waals surface area contributed by atoms with Gasteiger partial charge in [0.2, 0.25) is 5.91 Å². The van der Waals surface area contributed by atoms with E-state index in [0.717, 1.165) is 54.8 Å². The van der Waals surface area contributed by atoms with Crippen molar-refractivity contribution in [3.05, 3.63) is 17.1 Å². The van der Waals surface area contributed by atoms with E-state index in [4.69, 9.17) is 10.7 Å². The van der Waals surface area contributed by atoms with E-state index in [9.17, 15) is 4.79 Å². The molecule has 4 N–H and O–H groups in total. The standard InChI is InChI=1S/C17H26N6O/c1-3-14-22-15-16(23(14)20-10-6-9-19-11(2)24)12-7-4-5-8-13(12)21-17(15)18/h20H,3-10H2,1-2H3,(H2,18,21)(H,19,24). The van der Waals surface area contributed by atoms with Gasteiger partial charge in [0.05, 0.1) is 5.52 Å². The van der Waals surface area contributed by atoms with Gasteiger partial charge >= 0.3 is 0 Å². The van der Waals surface area contributed by atoms with Crippen LogP contribution in [0, 0.1) is 0 Å². The van der Waals surface area contributed by atoms with Gasteiger partial charge in [-0.1, -0.05) is 6.92 Å². The van der Waals surface area contributed by atoms with Crippen molar-refractivity contribution in [2.75, 3.05) is 24.2 Å². The maximum absolute atomic E-state index is 10.9. The highest BCUT2D eigenvalue weighted by molar-refractivity contribution is 5.89. The highest BCUT2D eigenvalue weighted by Gasteiger charge is 2.22. The van der Waals surface area contributed by atoms with Crippen LogP contribution < -0.4 is 16.5 Å². The van der Waals surface area contributed by atoms with Crippen molar-refractivity contribution >= 4 is 22.8 Å². The van der Waals surface area contributed by atoms with Crippen LogP contribution in [-0.4, -0.2) is 33.6 Å². The first-order chi connectivity index (χ1) is 11.6. The second-order valence-electron chi connectivity index (χ2n) is 6.29. The molecule has 7 heteroatoms. The maximum atomic E-state index is 10.9. The van der Waals surface area contributed by atoms with E-state index in [-0.39, 0.29) is 5.91 Å². The molecule has 0 fully saturated rings. The number of hydrogen-bond acceptors (Lipinski definition) is 5. The minimum atomic E-state index is 0.00486. The normalized spacial score (nSPS) is 13.8. The Morgan fingerprint density at radius 1 is 1.25 bits per heavy atom. The summed E-state index contributed by atoms with van der Waals surface area (Å²) >= 11 is 0. The summed E-state index contributed by atoms with van der Waals surface area (Å²) in [4.78, 5) is 20.2. The fourth-order valence-electron chi connectivity index (χ4n) is 3.34. The summed E-state index contributed by atoms with van der Waals surface area (Å²) in [6.07, 6.45) is 6.05. The van der Waals surface area contributed by atoms with Gasteiger partial charge in [-0.25, -0.2) is 14.6 Å². The number of nitrogens with two attached hydrogens (primary N) is 1. The van der Waals surface area contributed by atoms with Crippen LogP contribution in [-0.2, 0) is 24.1 Å². The first-order valence-electron chi connectivity index (χ1n) is 8.78. The van der Waals surface area contributed by atoms with E-state index >= 15 is 0 Å². The fraction of sp³-hybridized carbons (Fsp3) is 0.588. The quantitative estimate of drug-likeness (QED) is 0.698. The van der Waals surface area contributed by atoms with Crippen LogP contribution in [0.4, 0.5) is 5.82 Å². The Bertz CT molecular complexity index is 751. The number of nitrogens with one attached hydrogen (secondary N) is 2. The Kier molecular flexibility index (Phi) is 4.87. The summed E-state index contributed by atoms with van der Waals surface area (Å²) in [5.41, 5.74) is 13.9. The smallest absolute Gasteiger partial charge is 0.216 e. The summed E-state index contributed by atoms with van der Waals surface area (Å²) in [5.74, 6) is 1.50. The second-order valence-corrected chi connectivity index (χ2v) is 6.29. The highest BCUT2D eigenvalue weighted by atomic mass is 16.1. The number of rotatable bonds is 6. The molecule has 0 radical (unpaired) electrons. The third-order valence-electron chi connectivity index (χ3n) is 4.48. The summed E-state index contributed by atoms with van der Waals surface area (Å²) in [6, 6.07) is 0. The third-order valence-corrected chi connectivity index (χ3v) is 4.48. The number of aromatic nitrogens is 3. The summed E-state index contributed by atoms with van der Waals surface area (Å²) in [6.45, 7) is 5.05. The van der Waals surface area contributed by atoms with Gasteiger partial charge in [0.15, 0.2) is 5.82 Å². The molecule has 0 unspecified atom stereocenters. The van der Waals surface area contributed by atoms with E-state index < -0.39 is 0 Å². The number of nitrogen functional groups attached to an aromatic ring is 1. The Morgan fingerprint density at radius 2 is 2.04 bits per heavy atom. The summed E-state index contributed by atoms with van der Waals surface area (Å²) in [7, 11) is 0. The van der Waals surface area contributed by atoms with Crippen LogP contribution >= 0.6 is 0 Å². The van der Waals surface area contributed by atoms with Gasteiger partial charge in [-0.2, -0.15) is 0 Å². The molecule has 0 saturated heterocycles. The molecule has 2 aromatic heterocycles. The SMILES string of the molecule is CCc1nc2c(N)nc3c(c2n1NCCCNC(C)=O)CCCC3. The van der Waals surface area contributed by atoms with Crippen LogP contribution in [0.15, 0.2) is 0 Å². The van der Waals surface area contributed by atoms with Gasteiger partial charge in [-0.05, 0) is 32.1 Å². The van der Waals surface area contributed by atoms with Crippen LogP contribution in [0.3, 0.4) is 0 Å². The Balaban J connectivity index is 1.90. The van der Waals surface area contributed by atoms with Crippen molar-refractivity contribution < 1.29 is 4.79 Å². The maximum Gasteiger partial charge on any atom is 0.216 e. The average Bonchev–Trinajstić information content (AvgIpc) is 2.94. The van der Waals surface area contributed by atoms with Crippen molar-refractivity contribution in [2.24, 2.45) is 0 Å². The molecule has 2 aromatic rings. The van der Waals surface area contributed by atoms with Crippen LogP contribution in [0.1, 0.15) is 50.2 Å². The average molecular weight is 330 g/mol. The van der Waals surface area contributed by atoms with E-state index in [1.807, 2.05) is 0 Å². The molecule has 1 aliphatic rings. The lowest BCUT2D eigenvalue weighted by molar-refractivity contribution is -0.118. The number of pyridine rings is 1. The van der Waals surface area contributed by atoms with Gasteiger partial charge in [-0.3, -0.25) is 4.79 Å². The molecule has 0 aliphatic heterocycles. The number of imidazole rings is 1. The van der Waals surface area contributed by atoms with Crippen molar-refractivity contribution in [1.29, 1.82) is 0 Å². The second kappa shape index (κ2) is 7.07. The highest BCUT2D eigenvalue weighted by Crippen LogP contribution is 2.30. The fourth-order valence-corrected chi connectivity index (χ4v) is 3.34. The van der Waals surface area contributed by atoms with Gasteiger partial charge in [0, 0.05) is 37.7 Å². The molecular weight excluding hydrogens is 304 g/mol. The largest absolute Gasteiger partial charge is 0.382 e. The monoisotopic (exact) mass is 330 g/mol. The molecule has 0 bridgehead atoms.